The van der Waals surface area contributed by atoms with Crippen molar-refractivity contribution in [2.24, 2.45) is 5.41 Å². The zero-order valence-electron chi connectivity index (χ0n) is 6.38. The first kappa shape index (κ1) is 7.60. The summed E-state index contributed by atoms with van der Waals surface area (Å²) in [7, 11) is 1.10. The summed E-state index contributed by atoms with van der Waals surface area (Å²) in [6, 6.07) is 0. The van der Waals surface area contributed by atoms with Crippen LogP contribution in [0.15, 0.2) is 0 Å². The maximum atomic E-state index is 10.8. The van der Waals surface area contributed by atoms with Crippen LogP contribution in [0.2, 0.25) is 0 Å². The summed E-state index contributed by atoms with van der Waals surface area (Å²) in [6.07, 6.45) is -0.438. The molecule has 1 unspecified atom stereocenters. The summed E-state index contributed by atoms with van der Waals surface area (Å²) in [5, 5.41) is 0. The van der Waals surface area contributed by atoms with E-state index in [1.807, 2.05) is 20.8 Å². The smallest absolute Gasteiger partial charge is 0.509 e. The SMILES string of the molecule is CC(C)(C)C1O[B]OC1=O. The van der Waals surface area contributed by atoms with Gasteiger partial charge in [0, 0.05) is 0 Å². The Hall–Kier alpha value is -0.505. The van der Waals surface area contributed by atoms with Crippen molar-refractivity contribution >= 4 is 13.7 Å². The average Bonchev–Trinajstić information content (AvgIpc) is 2.11. The number of carbonyl (C=O) groups is 1. The zero-order valence-corrected chi connectivity index (χ0v) is 6.38. The Morgan fingerprint density at radius 2 is 2.10 bits per heavy atom. The van der Waals surface area contributed by atoms with Gasteiger partial charge in [-0.3, -0.25) is 4.79 Å². The molecule has 0 N–H and O–H groups in total. The third-order valence-electron chi connectivity index (χ3n) is 1.36. The van der Waals surface area contributed by atoms with Gasteiger partial charge in [-0.2, -0.15) is 0 Å². The average molecular weight is 141 g/mol. The van der Waals surface area contributed by atoms with Crippen molar-refractivity contribution in [2.75, 3.05) is 0 Å². The van der Waals surface area contributed by atoms with Crippen LogP contribution in [0, 0.1) is 5.41 Å². The van der Waals surface area contributed by atoms with E-state index >= 15 is 0 Å². The number of hydrogen-bond acceptors (Lipinski definition) is 3. The van der Waals surface area contributed by atoms with E-state index in [-0.39, 0.29) is 11.4 Å². The van der Waals surface area contributed by atoms with Crippen molar-refractivity contribution < 1.29 is 14.1 Å². The van der Waals surface area contributed by atoms with Gasteiger partial charge in [-0.25, -0.2) is 0 Å². The van der Waals surface area contributed by atoms with Gasteiger partial charge in [0.05, 0.1) is 0 Å². The van der Waals surface area contributed by atoms with Gasteiger partial charge in [-0.05, 0) is 5.41 Å². The van der Waals surface area contributed by atoms with Crippen molar-refractivity contribution in [3.8, 4) is 0 Å². The summed E-state index contributed by atoms with van der Waals surface area (Å²) in [4.78, 5) is 10.8. The molecule has 1 rings (SSSR count). The van der Waals surface area contributed by atoms with Gasteiger partial charge < -0.3 is 9.31 Å². The molecular weight excluding hydrogens is 131 g/mol. The van der Waals surface area contributed by atoms with Crippen molar-refractivity contribution in [2.45, 2.75) is 26.9 Å². The molecule has 1 fully saturated rings. The monoisotopic (exact) mass is 141 g/mol. The van der Waals surface area contributed by atoms with Gasteiger partial charge in [0.25, 0.3) is 0 Å². The van der Waals surface area contributed by atoms with E-state index in [4.69, 9.17) is 4.65 Å². The molecule has 4 heteroatoms. The highest BCUT2D eigenvalue weighted by molar-refractivity contribution is 6.26. The number of carbonyl (C=O) groups excluding carboxylic acids is 1. The second kappa shape index (κ2) is 2.27. The minimum Gasteiger partial charge on any atom is -0.509 e. The molecule has 0 aliphatic carbocycles. The molecule has 1 atom stereocenters. The Labute approximate surface area is 61.0 Å². The van der Waals surface area contributed by atoms with Crippen LogP contribution in [0.1, 0.15) is 20.8 Å². The van der Waals surface area contributed by atoms with Crippen LogP contribution in [0.25, 0.3) is 0 Å². The lowest BCUT2D eigenvalue weighted by Crippen LogP contribution is -2.31. The van der Waals surface area contributed by atoms with E-state index in [9.17, 15) is 4.79 Å². The molecule has 1 saturated heterocycles. The van der Waals surface area contributed by atoms with Crippen LogP contribution >= 0.6 is 0 Å². The highest BCUT2D eigenvalue weighted by Gasteiger charge is 2.38. The fourth-order valence-electron chi connectivity index (χ4n) is 0.806. The van der Waals surface area contributed by atoms with Crippen LogP contribution < -0.4 is 0 Å². The molecule has 0 bridgehead atoms. The Morgan fingerprint density at radius 1 is 1.50 bits per heavy atom. The van der Waals surface area contributed by atoms with Crippen LogP contribution in [0.4, 0.5) is 0 Å². The molecule has 0 spiro atoms. The third-order valence-corrected chi connectivity index (χ3v) is 1.36. The third kappa shape index (κ3) is 1.32. The number of hydrogen-bond donors (Lipinski definition) is 0. The van der Waals surface area contributed by atoms with Crippen LogP contribution in [0.5, 0.6) is 0 Å². The van der Waals surface area contributed by atoms with Crippen LogP contribution in [-0.4, -0.2) is 19.8 Å². The van der Waals surface area contributed by atoms with Gasteiger partial charge in [-0.1, -0.05) is 20.8 Å². The van der Waals surface area contributed by atoms with Gasteiger partial charge in [-0.15, -0.1) is 0 Å². The van der Waals surface area contributed by atoms with Crippen molar-refractivity contribution in [3.05, 3.63) is 0 Å². The van der Waals surface area contributed by atoms with E-state index in [0.717, 1.165) is 7.69 Å². The highest BCUT2D eigenvalue weighted by Crippen LogP contribution is 2.25. The van der Waals surface area contributed by atoms with Crippen molar-refractivity contribution in [1.29, 1.82) is 0 Å². The predicted octanol–water partition coefficient (Wildman–Crippen LogP) is 0.509. The molecule has 0 amide bonds. The van der Waals surface area contributed by atoms with Gasteiger partial charge in [0.1, 0.15) is 6.10 Å². The van der Waals surface area contributed by atoms with Crippen LogP contribution in [-0.2, 0) is 14.1 Å². The molecule has 1 heterocycles. The van der Waals surface area contributed by atoms with Crippen molar-refractivity contribution in [1.82, 2.24) is 0 Å². The normalized spacial score (nSPS) is 25.9. The molecule has 55 valence electrons. The molecule has 1 radical (unpaired) electrons. The summed E-state index contributed by atoms with van der Waals surface area (Å²) in [5.41, 5.74) is -0.177. The van der Waals surface area contributed by atoms with Crippen LogP contribution in [0.3, 0.4) is 0 Å². The fourth-order valence-corrected chi connectivity index (χ4v) is 0.806. The first-order valence-electron chi connectivity index (χ1n) is 3.19. The molecule has 0 aromatic heterocycles. The fraction of sp³-hybridized carbons (Fsp3) is 0.833. The predicted molar refractivity (Wildman–Crippen MR) is 36.2 cm³/mol. The molecule has 0 aromatic carbocycles. The summed E-state index contributed by atoms with van der Waals surface area (Å²) >= 11 is 0. The summed E-state index contributed by atoms with van der Waals surface area (Å²) in [5.74, 6) is -0.299. The first-order chi connectivity index (χ1) is 4.52. The largest absolute Gasteiger partial charge is 0.575 e. The van der Waals surface area contributed by atoms with E-state index in [1.54, 1.807) is 0 Å². The standard InChI is InChI=1S/C6H10BO3/c1-6(2,3)4-5(8)10-7-9-4/h4H,1-3H3. The lowest BCUT2D eigenvalue weighted by atomic mass is 9.89. The highest BCUT2D eigenvalue weighted by atomic mass is 16.7. The zero-order chi connectivity index (χ0) is 7.78. The van der Waals surface area contributed by atoms with E-state index in [2.05, 4.69) is 4.65 Å². The van der Waals surface area contributed by atoms with E-state index < -0.39 is 6.10 Å². The Morgan fingerprint density at radius 3 is 2.30 bits per heavy atom. The maximum Gasteiger partial charge on any atom is 0.575 e. The second-order valence-electron chi connectivity index (χ2n) is 3.42. The minimum atomic E-state index is -0.438. The van der Waals surface area contributed by atoms with Gasteiger partial charge >= 0.3 is 13.7 Å². The molecule has 0 saturated carbocycles. The Bertz CT molecular complexity index is 150. The Kier molecular flexibility index (Phi) is 1.73. The lowest BCUT2D eigenvalue weighted by Gasteiger charge is -2.22. The molecule has 1 aliphatic rings. The summed E-state index contributed by atoms with van der Waals surface area (Å²) < 4.78 is 9.44. The molecular formula is C6H10BO3. The maximum absolute atomic E-state index is 10.8. The Balaban J connectivity index is 2.64. The second-order valence-corrected chi connectivity index (χ2v) is 3.42. The first-order valence-corrected chi connectivity index (χ1v) is 3.19. The van der Waals surface area contributed by atoms with E-state index in [1.165, 1.54) is 0 Å². The van der Waals surface area contributed by atoms with Crippen molar-refractivity contribution in [3.63, 3.8) is 0 Å². The quantitative estimate of drug-likeness (QED) is 0.461. The van der Waals surface area contributed by atoms with Gasteiger partial charge in [0.15, 0.2) is 0 Å². The van der Waals surface area contributed by atoms with Gasteiger partial charge in [0.2, 0.25) is 0 Å². The minimum absolute atomic E-state index is 0.177. The van der Waals surface area contributed by atoms with E-state index in [0.29, 0.717) is 0 Å². The number of rotatable bonds is 0. The molecule has 0 aromatic rings. The molecule has 3 nitrogen and oxygen atoms in total. The molecule has 1 aliphatic heterocycles. The summed E-state index contributed by atoms with van der Waals surface area (Å²) in [6.45, 7) is 5.79. The molecule has 10 heavy (non-hydrogen) atoms. The topological polar surface area (TPSA) is 35.5 Å². The lowest BCUT2D eigenvalue weighted by molar-refractivity contribution is -0.139.